The van der Waals surface area contributed by atoms with E-state index in [4.69, 9.17) is 5.11 Å². The second-order valence-corrected chi connectivity index (χ2v) is 4.53. The summed E-state index contributed by atoms with van der Waals surface area (Å²) >= 11 is 1.87. The Morgan fingerprint density at radius 2 is 2.50 bits per heavy atom. The van der Waals surface area contributed by atoms with Crippen molar-refractivity contribution in [3.05, 3.63) is 30.6 Å². The van der Waals surface area contributed by atoms with Crippen LogP contribution in [0.3, 0.4) is 0 Å². The van der Waals surface area contributed by atoms with E-state index in [0.29, 0.717) is 6.54 Å². The van der Waals surface area contributed by atoms with E-state index in [-0.39, 0.29) is 6.61 Å². The van der Waals surface area contributed by atoms with Gasteiger partial charge in [0.15, 0.2) is 0 Å². The second-order valence-electron chi connectivity index (χ2n) is 3.38. The van der Waals surface area contributed by atoms with Gasteiger partial charge in [0.1, 0.15) is 0 Å². The molecule has 0 atom stereocenters. The molecule has 0 aromatic carbocycles. The summed E-state index contributed by atoms with van der Waals surface area (Å²) in [5, 5.41) is 16.2. The van der Waals surface area contributed by atoms with Crippen molar-refractivity contribution in [3.63, 3.8) is 0 Å². The molecule has 0 aliphatic heterocycles. The maximum absolute atomic E-state index is 8.74. The van der Waals surface area contributed by atoms with Crippen LogP contribution in [0.2, 0.25) is 0 Å². The van der Waals surface area contributed by atoms with Crippen molar-refractivity contribution in [2.75, 3.05) is 24.7 Å². The number of aromatic nitrogens is 2. The van der Waals surface area contributed by atoms with Gasteiger partial charge in [-0.15, -0.1) is 6.58 Å². The fraction of sp³-hybridized carbons (Fsp3) is 0.545. The normalized spacial score (nSPS) is 10.6. The molecule has 0 radical (unpaired) electrons. The molecule has 0 bridgehead atoms. The number of thioether (sulfide) groups is 1. The third kappa shape index (κ3) is 5.34. The molecule has 4 nitrogen and oxygen atoms in total. The van der Waals surface area contributed by atoms with E-state index < -0.39 is 0 Å². The van der Waals surface area contributed by atoms with Crippen molar-refractivity contribution in [1.29, 1.82) is 0 Å². The summed E-state index contributed by atoms with van der Waals surface area (Å²) in [5.74, 6) is 2.10. The zero-order valence-electron chi connectivity index (χ0n) is 9.43. The van der Waals surface area contributed by atoms with Gasteiger partial charge in [-0.2, -0.15) is 16.9 Å². The van der Waals surface area contributed by atoms with E-state index in [1.165, 1.54) is 0 Å². The van der Waals surface area contributed by atoms with Crippen molar-refractivity contribution in [2.24, 2.45) is 0 Å². The van der Waals surface area contributed by atoms with Gasteiger partial charge in [-0.1, -0.05) is 6.08 Å². The molecule has 0 aliphatic carbocycles. The predicted octanol–water partition coefficient (Wildman–Crippen LogP) is 0.884. The summed E-state index contributed by atoms with van der Waals surface area (Å²) in [6, 6.07) is 0. The third-order valence-electron chi connectivity index (χ3n) is 2.00. The monoisotopic (exact) mass is 241 g/mol. The van der Waals surface area contributed by atoms with Crippen LogP contribution in [0.15, 0.2) is 25.0 Å². The Morgan fingerprint density at radius 1 is 1.62 bits per heavy atom. The molecule has 0 saturated carbocycles. The van der Waals surface area contributed by atoms with E-state index in [9.17, 15) is 0 Å². The van der Waals surface area contributed by atoms with Gasteiger partial charge in [0.05, 0.1) is 19.3 Å². The van der Waals surface area contributed by atoms with Gasteiger partial charge in [0, 0.05) is 36.4 Å². The highest BCUT2D eigenvalue weighted by atomic mass is 32.2. The third-order valence-corrected chi connectivity index (χ3v) is 2.97. The van der Waals surface area contributed by atoms with Gasteiger partial charge in [-0.05, 0) is 0 Å². The quantitative estimate of drug-likeness (QED) is 0.498. The fourth-order valence-corrected chi connectivity index (χ4v) is 1.89. The van der Waals surface area contributed by atoms with Crippen LogP contribution in [0.1, 0.15) is 5.56 Å². The Kier molecular flexibility index (Phi) is 6.96. The molecule has 0 spiro atoms. The molecule has 0 saturated heterocycles. The predicted molar refractivity (Wildman–Crippen MR) is 68.5 cm³/mol. The average Bonchev–Trinajstić information content (AvgIpc) is 2.72. The van der Waals surface area contributed by atoms with E-state index in [2.05, 4.69) is 17.0 Å². The Bertz CT molecular complexity index is 301. The lowest BCUT2D eigenvalue weighted by atomic mass is 10.3. The molecule has 1 rings (SSSR count). The first-order valence-corrected chi connectivity index (χ1v) is 6.54. The number of nitrogens with zero attached hydrogens (tertiary/aromatic N) is 2. The highest BCUT2D eigenvalue weighted by Gasteiger charge is 1.97. The minimum Gasteiger partial charge on any atom is -0.394 e. The lowest BCUT2D eigenvalue weighted by Gasteiger charge is -2.01. The molecular weight excluding hydrogens is 222 g/mol. The highest BCUT2D eigenvalue weighted by molar-refractivity contribution is 7.99. The Labute approximate surface area is 101 Å². The molecule has 16 heavy (non-hydrogen) atoms. The SMILES string of the molecule is C=CCSCCNCc1cnn(CCO)c1. The minimum atomic E-state index is 0.132. The molecular formula is C11H19N3OS. The van der Waals surface area contributed by atoms with Crippen molar-refractivity contribution in [3.8, 4) is 0 Å². The van der Waals surface area contributed by atoms with Crippen LogP contribution in [0.4, 0.5) is 0 Å². The maximum Gasteiger partial charge on any atom is 0.0640 e. The maximum atomic E-state index is 8.74. The smallest absolute Gasteiger partial charge is 0.0640 e. The summed E-state index contributed by atoms with van der Waals surface area (Å²) in [4.78, 5) is 0. The van der Waals surface area contributed by atoms with Crippen LogP contribution < -0.4 is 5.32 Å². The lowest BCUT2D eigenvalue weighted by Crippen LogP contribution is -2.16. The van der Waals surface area contributed by atoms with E-state index in [1.54, 1.807) is 4.68 Å². The second kappa shape index (κ2) is 8.38. The number of hydrogen-bond acceptors (Lipinski definition) is 4. The summed E-state index contributed by atoms with van der Waals surface area (Å²) in [7, 11) is 0. The topological polar surface area (TPSA) is 50.1 Å². The van der Waals surface area contributed by atoms with Crippen molar-refractivity contribution in [1.82, 2.24) is 15.1 Å². The number of aliphatic hydroxyl groups excluding tert-OH is 1. The van der Waals surface area contributed by atoms with E-state index in [1.807, 2.05) is 30.2 Å². The Hall–Kier alpha value is -0.780. The molecule has 0 fully saturated rings. The van der Waals surface area contributed by atoms with Crippen LogP contribution in [-0.4, -0.2) is 39.5 Å². The van der Waals surface area contributed by atoms with Gasteiger partial charge in [-0.3, -0.25) is 4.68 Å². The number of rotatable bonds is 9. The van der Waals surface area contributed by atoms with Gasteiger partial charge in [0.25, 0.3) is 0 Å². The van der Waals surface area contributed by atoms with Crippen LogP contribution in [0.5, 0.6) is 0 Å². The molecule has 5 heteroatoms. The standard InChI is InChI=1S/C11H19N3OS/c1-2-6-16-7-3-12-8-11-9-13-14(10-11)4-5-15/h2,9-10,12,15H,1,3-8H2. The lowest BCUT2D eigenvalue weighted by molar-refractivity contribution is 0.269. The fourth-order valence-electron chi connectivity index (χ4n) is 1.27. The highest BCUT2D eigenvalue weighted by Crippen LogP contribution is 1.99. The molecule has 0 unspecified atom stereocenters. The Morgan fingerprint density at radius 3 is 3.25 bits per heavy atom. The molecule has 90 valence electrons. The minimum absolute atomic E-state index is 0.132. The molecule has 1 heterocycles. The zero-order valence-corrected chi connectivity index (χ0v) is 10.2. The number of hydrogen-bond donors (Lipinski definition) is 2. The summed E-state index contributed by atoms with van der Waals surface area (Å²) in [6.45, 7) is 6.19. The van der Waals surface area contributed by atoms with Gasteiger partial charge < -0.3 is 10.4 Å². The first kappa shape index (κ1) is 13.3. The number of aliphatic hydroxyl groups is 1. The van der Waals surface area contributed by atoms with E-state index in [0.717, 1.165) is 30.2 Å². The van der Waals surface area contributed by atoms with Gasteiger partial charge in [-0.25, -0.2) is 0 Å². The molecule has 0 aliphatic rings. The van der Waals surface area contributed by atoms with Gasteiger partial charge >= 0.3 is 0 Å². The Balaban J connectivity index is 2.09. The summed E-state index contributed by atoms with van der Waals surface area (Å²) in [5.41, 5.74) is 1.15. The van der Waals surface area contributed by atoms with Crippen molar-refractivity contribution in [2.45, 2.75) is 13.1 Å². The summed E-state index contributed by atoms with van der Waals surface area (Å²) in [6.07, 6.45) is 5.71. The molecule has 0 amide bonds. The van der Waals surface area contributed by atoms with Crippen LogP contribution >= 0.6 is 11.8 Å². The number of nitrogens with one attached hydrogen (secondary N) is 1. The van der Waals surface area contributed by atoms with Crippen LogP contribution in [0.25, 0.3) is 0 Å². The van der Waals surface area contributed by atoms with Crippen molar-refractivity contribution < 1.29 is 5.11 Å². The van der Waals surface area contributed by atoms with E-state index >= 15 is 0 Å². The molecule has 1 aromatic rings. The molecule has 2 N–H and O–H groups in total. The van der Waals surface area contributed by atoms with Crippen LogP contribution in [0, 0.1) is 0 Å². The van der Waals surface area contributed by atoms with Crippen LogP contribution in [-0.2, 0) is 13.1 Å². The first-order chi connectivity index (χ1) is 7.86. The first-order valence-electron chi connectivity index (χ1n) is 5.38. The zero-order chi connectivity index (χ0) is 11.6. The average molecular weight is 241 g/mol. The molecule has 1 aromatic heterocycles. The van der Waals surface area contributed by atoms with Crippen molar-refractivity contribution >= 4 is 11.8 Å². The summed E-state index contributed by atoms with van der Waals surface area (Å²) < 4.78 is 1.75. The largest absolute Gasteiger partial charge is 0.394 e. The van der Waals surface area contributed by atoms with Gasteiger partial charge in [0.2, 0.25) is 0 Å².